The van der Waals surface area contributed by atoms with E-state index in [1.54, 1.807) is 0 Å². The van der Waals surface area contributed by atoms with E-state index < -0.39 is 4.92 Å². The van der Waals surface area contributed by atoms with Crippen LogP contribution in [-0.2, 0) is 4.79 Å². The average molecular weight is 337 g/mol. The smallest absolute Gasteiger partial charge is 0.271 e. The van der Waals surface area contributed by atoms with Crippen LogP contribution in [0.25, 0.3) is 0 Å². The first-order valence-corrected chi connectivity index (χ1v) is 7.73. The monoisotopic (exact) mass is 336 g/mol. The maximum absolute atomic E-state index is 12.3. The Hall–Kier alpha value is -2.17. The van der Waals surface area contributed by atoms with Gasteiger partial charge in [-0.3, -0.25) is 14.9 Å². The van der Waals surface area contributed by atoms with E-state index in [0.717, 1.165) is 32.5 Å². The number of nitro groups is 1. The van der Waals surface area contributed by atoms with Crippen LogP contribution >= 0.6 is 11.6 Å². The molecule has 7 nitrogen and oxygen atoms in total. The van der Waals surface area contributed by atoms with E-state index in [1.165, 1.54) is 18.2 Å². The van der Waals surface area contributed by atoms with Crippen molar-refractivity contribution in [3.63, 3.8) is 0 Å². The molecule has 1 aromatic carbocycles. The number of likely N-dealkylation sites (tertiary alicyclic amines) is 1. The SMILES string of the molecule is N#CCCN1CCC(C(=O)Nc2ccc([N+](=O)[O-])cc2Cl)CC1. The van der Waals surface area contributed by atoms with Crippen LogP contribution < -0.4 is 5.32 Å². The number of nitro benzene ring substituents is 1. The number of hydrogen-bond acceptors (Lipinski definition) is 5. The number of halogens is 1. The summed E-state index contributed by atoms with van der Waals surface area (Å²) in [7, 11) is 0. The molecule has 1 amide bonds. The molecule has 1 aliphatic rings. The van der Waals surface area contributed by atoms with Crippen LogP contribution in [0.2, 0.25) is 5.02 Å². The lowest BCUT2D eigenvalue weighted by molar-refractivity contribution is -0.384. The molecule has 1 heterocycles. The van der Waals surface area contributed by atoms with E-state index in [-0.39, 0.29) is 22.5 Å². The zero-order chi connectivity index (χ0) is 16.8. The van der Waals surface area contributed by atoms with Crippen molar-refractivity contribution in [3.8, 4) is 6.07 Å². The van der Waals surface area contributed by atoms with Gasteiger partial charge >= 0.3 is 0 Å². The van der Waals surface area contributed by atoms with Gasteiger partial charge in [0.25, 0.3) is 5.69 Å². The fourth-order valence-corrected chi connectivity index (χ4v) is 2.80. The van der Waals surface area contributed by atoms with Gasteiger partial charge < -0.3 is 10.2 Å². The Bertz CT molecular complexity index is 636. The molecule has 23 heavy (non-hydrogen) atoms. The lowest BCUT2D eigenvalue weighted by atomic mass is 9.95. The minimum Gasteiger partial charge on any atom is -0.325 e. The molecule has 0 aliphatic carbocycles. The summed E-state index contributed by atoms with van der Waals surface area (Å²) in [4.78, 5) is 24.6. The molecule has 1 N–H and O–H groups in total. The Labute approximate surface area is 139 Å². The summed E-state index contributed by atoms with van der Waals surface area (Å²) in [6.45, 7) is 2.31. The molecule has 0 spiro atoms. The minimum atomic E-state index is -0.533. The van der Waals surface area contributed by atoms with Gasteiger partial charge in [-0.1, -0.05) is 11.6 Å². The second kappa shape index (κ2) is 7.90. The van der Waals surface area contributed by atoms with Crippen LogP contribution in [0.3, 0.4) is 0 Å². The molecular formula is C15H17ClN4O3. The van der Waals surface area contributed by atoms with Crippen molar-refractivity contribution < 1.29 is 9.72 Å². The first-order chi connectivity index (χ1) is 11.0. The summed E-state index contributed by atoms with van der Waals surface area (Å²) < 4.78 is 0. The van der Waals surface area contributed by atoms with E-state index >= 15 is 0 Å². The number of carbonyl (C=O) groups excluding carboxylic acids is 1. The molecule has 0 saturated carbocycles. The van der Waals surface area contributed by atoms with Crippen LogP contribution in [-0.4, -0.2) is 35.4 Å². The van der Waals surface area contributed by atoms with E-state index in [9.17, 15) is 14.9 Å². The third kappa shape index (κ3) is 4.65. The molecule has 8 heteroatoms. The molecule has 122 valence electrons. The van der Waals surface area contributed by atoms with Crippen molar-refractivity contribution in [1.29, 1.82) is 5.26 Å². The first kappa shape index (κ1) is 17.2. The number of nitrogens with zero attached hydrogens (tertiary/aromatic N) is 3. The number of rotatable bonds is 5. The van der Waals surface area contributed by atoms with Crippen LogP contribution in [0.15, 0.2) is 18.2 Å². The highest BCUT2D eigenvalue weighted by atomic mass is 35.5. The largest absolute Gasteiger partial charge is 0.325 e. The van der Waals surface area contributed by atoms with Crippen LogP contribution in [0.5, 0.6) is 0 Å². The second-order valence-electron chi connectivity index (χ2n) is 5.43. The third-order valence-corrected chi connectivity index (χ3v) is 4.23. The van der Waals surface area contributed by atoms with Crippen LogP contribution in [0, 0.1) is 27.4 Å². The number of carbonyl (C=O) groups is 1. The molecule has 0 unspecified atom stereocenters. The fourth-order valence-electron chi connectivity index (χ4n) is 2.58. The number of benzene rings is 1. The van der Waals surface area contributed by atoms with Crippen molar-refractivity contribution in [3.05, 3.63) is 33.3 Å². The zero-order valence-corrected chi connectivity index (χ0v) is 13.3. The summed E-state index contributed by atoms with van der Waals surface area (Å²) in [5, 5.41) is 22.2. The standard InChI is InChI=1S/C15H17ClN4O3/c16-13-10-12(20(22)23)2-3-14(13)18-15(21)11-4-8-19(9-5-11)7-1-6-17/h2-3,10-11H,1,4-5,7-9H2,(H,18,21). The average Bonchev–Trinajstić information content (AvgIpc) is 2.55. The summed E-state index contributed by atoms with van der Waals surface area (Å²) >= 11 is 5.98. The van der Waals surface area contributed by atoms with Gasteiger partial charge in [-0.05, 0) is 32.0 Å². The molecule has 0 radical (unpaired) electrons. The summed E-state index contributed by atoms with van der Waals surface area (Å²) in [5.74, 6) is -0.236. The third-order valence-electron chi connectivity index (χ3n) is 3.92. The van der Waals surface area contributed by atoms with E-state index in [1.807, 2.05) is 0 Å². The second-order valence-corrected chi connectivity index (χ2v) is 5.84. The molecule has 0 atom stereocenters. The molecule has 1 saturated heterocycles. The van der Waals surface area contributed by atoms with Crippen molar-refractivity contribution >= 4 is 28.9 Å². The number of piperidine rings is 1. The summed E-state index contributed by atoms with van der Waals surface area (Å²) in [6.07, 6.45) is 1.94. The Morgan fingerprint density at radius 3 is 2.74 bits per heavy atom. The number of amides is 1. The molecule has 1 aromatic rings. The van der Waals surface area contributed by atoms with E-state index in [0.29, 0.717) is 12.1 Å². The maximum atomic E-state index is 12.3. The van der Waals surface area contributed by atoms with Gasteiger partial charge in [0, 0.05) is 31.0 Å². The molecule has 1 fully saturated rings. The van der Waals surface area contributed by atoms with Gasteiger partial charge in [-0.15, -0.1) is 0 Å². The molecule has 1 aliphatic heterocycles. The number of non-ortho nitro benzene ring substituents is 1. The number of nitrogens with one attached hydrogen (secondary N) is 1. The van der Waals surface area contributed by atoms with Gasteiger partial charge in [-0.25, -0.2) is 0 Å². The predicted molar refractivity (Wildman–Crippen MR) is 86.1 cm³/mol. The van der Waals surface area contributed by atoms with Gasteiger partial charge in [-0.2, -0.15) is 5.26 Å². The van der Waals surface area contributed by atoms with Crippen molar-refractivity contribution in [2.45, 2.75) is 19.3 Å². The van der Waals surface area contributed by atoms with Crippen molar-refractivity contribution in [1.82, 2.24) is 4.90 Å². The Morgan fingerprint density at radius 2 is 2.17 bits per heavy atom. The lowest BCUT2D eigenvalue weighted by Gasteiger charge is -2.30. The van der Waals surface area contributed by atoms with Gasteiger partial charge in [0.2, 0.25) is 5.91 Å². The number of nitriles is 1. The van der Waals surface area contributed by atoms with Crippen molar-refractivity contribution in [2.24, 2.45) is 5.92 Å². The first-order valence-electron chi connectivity index (χ1n) is 7.35. The topological polar surface area (TPSA) is 99.3 Å². The lowest BCUT2D eigenvalue weighted by Crippen LogP contribution is -2.38. The Kier molecular flexibility index (Phi) is 5.90. The Morgan fingerprint density at radius 1 is 1.48 bits per heavy atom. The van der Waals surface area contributed by atoms with E-state index in [4.69, 9.17) is 16.9 Å². The van der Waals surface area contributed by atoms with Gasteiger partial charge in [0.05, 0.1) is 21.7 Å². The molecule has 0 aromatic heterocycles. The summed E-state index contributed by atoms with van der Waals surface area (Å²) in [5.41, 5.74) is 0.271. The minimum absolute atomic E-state index is 0.111. The highest BCUT2D eigenvalue weighted by Crippen LogP contribution is 2.28. The van der Waals surface area contributed by atoms with Gasteiger partial charge in [0.1, 0.15) is 0 Å². The predicted octanol–water partition coefficient (Wildman–Crippen LogP) is 2.81. The zero-order valence-electron chi connectivity index (χ0n) is 12.5. The summed E-state index contributed by atoms with van der Waals surface area (Å²) in [6, 6.07) is 6.10. The maximum Gasteiger partial charge on any atom is 0.271 e. The highest BCUT2D eigenvalue weighted by Gasteiger charge is 2.25. The van der Waals surface area contributed by atoms with Gasteiger partial charge in [0.15, 0.2) is 0 Å². The molecule has 0 bridgehead atoms. The fraction of sp³-hybridized carbons (Fsp3) is 0.467. The normalized spacial score (nSPS) is 15.8. The molecular weight excluding hydrogens is 320 g/mol. The highest BCUT2D eigenvalue weighted by molar-refractivity contribution is 6.34. The number of hydrogen-bond donors (Lipinski definition) is 1. The number of anilines is 1. The van der Waals surface area contributed by atoms with Crippen LogP contribution in [0.4, 0.5) is 11.4 Å². The van der Waals surface area contributed by atoms with E-state index in [2.05, 4.69) is 16.3 Å². The van der Waals surface area contributed by atoms with Crippen LogP contribution in [0.1, 0.15) is 19.3 Å². The Balaban J connectivity index is 1.91. The van der Waals surface area contributed by atoms with Crippen molar-refractivity contribution in [2.75, 3.05) is 25.0 Å². The quantitative estimate of drug-likeness (QED) is 0.658. The molecule has 2 rings (SSSR count).